The minimum absolute atomic E-state index is 0.0312. The Labute approximate surface area is 203 Å². The molecule has 6 nitrogen and oxygen atoms in total. The van der Waals surface area contributed by atoms with Crippen LogP contribution >= 0.6 is 23.2 Å². The lowest BCUT2D eigenvalue weighted by Crippen LogP contribution is -2.26. The number of hydrogen-bond acceptors (Lipinski definition) is 5. The molecule has 0 atom stereocenters. The topological polar surface area (TPSA) is 85.4 Å². The normalized spacial score (nSPS) is 11.8. The molecule has 0 unspecified atom stereocenters. The number of sulfone groups is 1. The Morgan fingerprint density at radius 1 is 1.06 bits per heavy atom. The Morgan fingerprint density at radius 3 is 2.33 bits per heavy atom. The summed E-state index contributed by atoms with van der Waals surface area (Å²) in [5.74, 6) is 0.158. The van der Waals surface area contributed by atoms with Crippen LogP contribution in [0.2, 0.25) is 10.0 Å². The first-order chi connectivity index (χ1) is 15.5. The van der Waals surface area contributed by atoms with Gasteiger partial charge >= 0.3 is 0 Å². The summed E-state index contributed by atoms with van der Waals surface area (Å²) in [5, 5.41) is 3.81. The Kier molecular flexibility index (Phi) is 7.67. The highest BCUT2D eigenvalue weighted by Gasteiger charge is 2.26. The van der Waals surface area contributed by atoms with Gasteiger partial charge in [-0.3, -0.25) is 4.79 Å². The molecular formula is C24H24Cl2N2O4S. The molecule has 0 spiro atoms. The maximum absolute atomic E-state index is 12.4. The first-order valence-corrected chi connectivity index (χ1v) is 12.6. The van der Waals surface area contributed by atoms with Crippen LogP contribution in [0.15, 0.2) is 65.7 Å². The summed E-state index contributed by atoms with van der Waals surface area (Å²) in [4.78, 5) is 16.9. The molecule has 9 heteroatoms. The average molecular weight is 507 g/mol. The zero-order chi connectivity index (χ0) is 24.2. The Hall–Kier alpha value is -2.61. The molecule has 174 valence electrons. The van der Waals surface area contributed by atoms with E-state index < -0.39 is 15.4 Å². The van der Waals surface area contributed by atoms with Crippen molar-refractivity contribution in [1.82, 2.24) is 4.98 Å². The number of amides is 1. The van der Waals surface area contributed by atoms with E-state index in [1.54, 1.807) is 43.3 Å². The number of rotatable bonds is 8. The van der Waals surface area contributed by atoms with Crippen molar-refractivity contribution in [3.05, 3.63) is 82.0 Å². The summed E-state index contributed by atoms with van der Waals surface area (Å²) in [7, 11) is -3.27. The van der Waals surface area contributed by atoms with Crippen molar-refractivity contribution in [2.45, 2.75) is 37.7 Å². The van der Waals surface area contributed by atoms with E-state index in [2.05, 4.69) is 10.3 Å². The second-order valence-corrected chi connectivity index (χ2v) is 11.0. The molecule has 0 saturated heterocycles. The number of carbonyl (C=O) groups excluding carboxylic acids is 1. The maximum Gasteiger partial charge on any atom is 0.228 e. The number of anilines is 1. The quantitative estimate of drug-likeness (QED) is 0.424. The van der Waals surface area contributed by atoms with Gasteiger partial charge in [0.2, 0.25) is 11.8 Å². The molecule has 0 aliphatic heterocycles. The van der Waals surface area contributed by atoms with Crippen LogP contribution in [0.4, 0.5) is 5.69 Å². The van der Waals surface area contributed by atoms with Gasteiger partial charge in [-0.15, -0.1) is 0 Å². The molecular weight excluding hydrogens is 483 g/mol. The van der Waals surface area contributed by atoms with Crippen molar-refractivity contribution in [2.75, 3.05) is 11.1 Å². The molecule has 1 amide bonds. The SMILES string of the molecule is CCS(=O)(=O)c1ccc(CC(=O)Nc2ccc(OC(C)(C)c3ccc(Cl)cc3Cl)nc2)cc1. The molecule has 1 heterocycles. The van der Waals surface area contributed by atoms with Gasteiger partial charge in [0.15, 0.2) is 9.84 Å². The van der Waals surface area contributed by atoms with Crippen LogP contribution in [0.1, 0.15) is 31.9 Å². The van der Waals surface area contributed by atoms with E-state index in [1.807, 2.05) is 19.9 Å². The van der Waals surface area contributed by atoms with Crippen LogP contribution in [0.5, 0.6) is 5.88 Å². The van der Waals surface area contributed by atoms with Gasteiger partial charge in [-0.05, 0) is 49.7 Å². The van der Waals surface area contributed by atoms with Crippen molar-refractivity contribution in [3.63, 3.8) is 0 Å². The fraction of sp³-hybridized carbons (Fsp3) is 0.250. The zero-order valence-corrected chi connectivity index (χ0v) is 20.8. The first-order valence-electron chi connectivity index (χ1n) is 10.2. The lowest BCUT2D eigenvalue weighted by molar-refractivity contribution is -0.115. The van der Waals surface area contributed by atoms with Gasteiger partial charge in [0, 0.05) is 21.7 Å². The third kappa shape index (κ3) is 6.47. The van der Waals surface area contributed by atoms with Gasteiger partial charge in [-0.1, -0.05) is 48.3 Å². The van der Waals surface area contributed by atoms with Crippen molar-refractivity contribution >= 4 is 44.6 Å². The van der Waals surface area contributed by atoms with Crippen LogP contribution in [-0.4, -0.2) is 25.1 Å². The van der Waals surface area contributed by atoms with E-state index in [0.717, 1.165) is 5.56 Å². The molecule has 0 saturated carbocycles. The van der Waals surface area contributed by atoms with Crippen LogP contribution in [0.25, 0.3) is 0 Å². The summed E-state index contributed by atoms with van der Waals surface area (Å²) in [5.41, 5.74) is 1.24. The molecule has 0 aliphatic carbocycles. The van der Waals surface area contributed by atoms with Crippen LogP contribution in [0, 0.1) is 0 Å². The summed E-state index contributed by atoms with van der Waals surface area (Å²) >= 11 is 12.3. The third-order valence-electron chi connectivity index (χ3n) is 4.99. The summed E-state index contributed by atoms with van der Waals surface area (Å²) in [6.45, 7) is 5.34. The lowest BCUT2D eigenvalue weighted by Gasteiger charge is -2.27. The molecule has 0 bridgehead atoms. The fourth-order valence-corrected chi connectivity index (χ4v) is 4.70. The minimum atomic E-state index is -3.27. The zero-order valence-electron chi connectivity index (χ0n) is 18.4. The Balaban J connectivity index is 1.61. The molecule has 3 rings (SSSR count). The van der Waals surface area contributed by atoms with Gasteiger partial charge in [-0.2, -0.15) is 0 Å². The number of aromatic nitrogens is 1. The highest BCUT2D eigenvalue weighted by Crippen LogP contribution is 2.33. The maximum atomic E-state index is 12.4. The molecule has 33 heavy (non-hydrogen) atoms. The van der Waals surface area contributed by atoms with Gasteiger partial charge in [-0.25, -0.2) is 13.4 Å². The van der Waals surface area contributed by atoms with E-state index in [1.165, 1.54) is 18.3 Å². The number of pyridine rings is 1. The second kappa shape index (κ2) is 10.1. The highest BCUT2D eigenvalue weighted by atomic mass is 35.5. The number of ether oxygens (including phenoxy) is 1. The number of nitrogens with one attached hydrogen (secondary N) is 1. The molecule has 0 aliphatic rings. The van der Waals surface area contributed by atoms with Crippen molar-refractivity contribution in [3.8, 4) is 5.88 Å². The molecule has 3 aromatic rings. The Morgan fingerprint density at radius 2 is 1.76 bits per heavy atom. The molecule has 1 aromatic heterocycles. The highest BCUT2D eigenvalue weighted by molar-refractivity contribution is 7.91. The molecule has 0 fully saturated rings. The number of nitrogens with zero attached hydrogens (tertiary/aromatic N) is 1. The van der Waals surface area contributed by atoms with E-state index in [0.29, 0.717) is 27.2 Å². The Bertz CT molecular complexity index is 1240. The van der Waals surface area contributed by atoms with Crippen molar-refractivity contribution in [2.24, 2.45) is 0 Å². The monoisotopic (exact) mass is 506 g/mol. The van der Waals surface area contributed by atoms with Crippen LogP contribution < -0.4 is 10.1 Å². The van der Waals surface area contributed by atoms with E-state index in [-0.39, 0.29) is 23.0 Å². The van der Waals surface area contributed by atoms with Crippen LogP contribution in [-0.2, 0) is 26.7 Å². The summed E-state index contributed by atoms with van der Waals surface area (Å²) in [6, 6.07) is 14.9. The average Bonchev–Trinajstić information content (AvgIpc) is 2.75. The number of carbonyl (C=O) groups is 1. The second-order valence-electron chi connectivity index (χ2n) is 7.89. The first kappa shape index (κ1) is 25.0. The summed E-state index contributed by atoms with van der Waals surface area (Å²) in [6.07, 6.45) is 1.61. The van der Waals surface area contributed by atoms with Crippen molar-refractivity contribution < 1.29 is 17.9 Å². The minimum Gasteiger partial charge on any atom is -0.467 e. The van der Waals surface area contributed by atoms with Crippen molar-refractivity contribution in [1.29, 1.82) is 0 Å². The predicted octanol–water partition coefficient (Wildman–Crippen LogP) is 5.68. The van der Waals surface area contributed by atoms with Gasteiger partial charge in [0.1, 0.15) is 5.60 Å². The lowest BCUT2D eigenvalue weighted by atomic mass is 9.98. The van der Waals surface area contributed by atoms with Gasteiger partial charge in [0.25, 0.3) is 0 Å². The molecule has 2 aromatic carbocycles. The number of halogens is 2. The third-order valence-corrected chi connectivity index (χ3v) is 7.29. The molecule has 0 radical (unpaired) electrons. The molecule has 1 N–H and O–H groups in total. The fourth-order valence-electron chi connectivity index (χ4n) is 3.18. The summed E-state index contributed by atoms with van der Waals surface area (Å²) < 4.78 is 29.8. The van der Waals surface area contributed by atoms with Crippen LogP contribution in [0.3, 0.4) is 0 Å². The van der Waals surface area contributed by atoms with Gasteiger partial charge < -0.3 is 10.1 Å². The predicted molar refractivity (Wildman–Crippen MR) is 131 cm³/mol. The largest absolute Gasteiger partial charge is 0.467 e. The van der Waals surface area contributed by atoms with E-state index >= 15 is 0 Å². The number of hydrogen-bond donors (Lipinski definition) is 1. The van der Waals surface area contributed by atoms with E-state index in [4.69, 9.17) is 27.9 Å². The smallest absolute Gasteiger partial charge is 0.228 e. The standard InChI is InChI=1S/C24H24Cl2N2O4S/c1-4-33(30,31)19-9-5-16(6-10-19)13-22(29)28-18-8-12-23(27-15-18)32-24(2,3)20-11-7-17(25)14-21(20)26/h5-12,14-15H,4,13H2,1-3H3,(H,28,29). The van der Waals surface area contributed by atoms with E-state index in [9.17, 15) is 13.2 Å². The number of benzene rings is 2. The van der Waals surface area contributed by atoms with Gasteiger partial charge in [0.05, 0.1) is 29.0 Å².